The summed E-state index contributed by atoms with van der Waals surface area (Å²) in [6.45, 7) is -0.461. The molecule has 2 N–H and O–H groups in total. The van der Waals surface area contributed by atoms with Gasteiger partial charge in [-0.3, -0.25) is 4.90 Å². The van der Waals surface area contributed by atoms with E-state index in [0.29, 0.717) is 47.1 Å². The van der Waals surface area contributed by atoms with Crippen LogP contribution in [0.1, 0.15) is 53.1 Å². The van der Waals surface area contributed by atoms with Crippen molar-refractivity contribution in [3.8, 4) is 18.1 Å². The van der Waals surface area contributed by atoms with Crippen molar-refractivity contribution in [2.75, 3.05) is 55.4 Å². The molecule has 44 heavy (non-hydrogen) atoms. The highest BCUT2D eigenvalue weighted by Crippen LogP contribution is 2.58. The second kappa shape index (κ2) is 10.7. The summed E-state index contributed by atoms with van der Waals surface area (Å²) in [4.78, 5) is 16.1. The van der Waals surface area contributed by atoms with Crippen molar-refractivity contribution in [1.82, 2.24) is 24.6 Å². The maximum absolute atomic E-state index is 14.4. The van der Waals surface area contributed by atoms with E-state index in [9.17, 15) is 23.7 Å². The van der Waals surface area contributed by atoms with Gasteiger partial charge in [-0.25, -0.2) is 9.07 Å². The number of nitrogen functional groups attached to an aromatic ring is 1. The second-order valence-corrected chi connectivity index (χ2v) is 14.3. The molecule has 3 aromatic rings. The first kappa shape index (κ1) is 29.0. The number of anilines is 3. The van der Waals surface area contributed by atoms with Gasteiger partial charge in [0.15, 0.2) is 11.6 Å². The average Bonchev–Trinajstić information content (AvgIpc) is 3.77. The van der Waals surface area contributed by atoms with E-state index in [1.54, 1.807) is 23.7 Å². The van der Waals surface area contributed by atoms with Gasteiger partial charge in [-0.2, -0.15) is 34.4 Å². The molecule has 0 unspecified atom stereocenters. The first-order chi connectivity index (χ1) is 21.2. The molecule has 4 aliphatic rings. The molecule has 16 heteroatoms. The number of thioether (sulfide) groups is 1. The van der Waals surface area contributed by atoms with Crippen LogP contribution in [-0.2, 0) is 17.0 Å². The maximum atomic E-state index is 14.4. The lowest BCUT2D eigenvalue weighted by Crippen LogP contribution is -2.57. The van der Waals surface area contributed by atoms with Crippen LogP contribution in [0, 0.1) is 22.7 Å². The molecule has 1 spiro atoms. The molecule has 4 aliphatic heterocycles. The molecular formula is C28H29F3N10OS2. The number of hydrogen-bond acceptors (Lipinski definition) is 12. The van der Waals surface area contributed by atoms with E-state index in [2.05, 4.69) is 27.1 Å². The highest BCUT2D eigenvalue weighted by Gasteiger charge is 2.53. The molecule has 0 radical (unpaired) electrons. The number of nitrogens with zero attached hydrogens (tertiary/aromatic N) is 9. The van der Waals surface area contributed by atoms with Crippen LogP contribution in [0.5, 0.6) is 6.01 Å². The lowest BCUT2D eigenvalue weighted by molar-refractivity contribution is 0.0535. The van der Waals surface area contributed by atoms with E-state index in [4.69, 9.17) is 15.5 Å². The SMILES string of the molecule is CN(Cc1ccnn1C(F)F)c1nc(OC[C@@]23CCCN2C[C@H](F)C3)nc(N2CC3(C2)SCc2sc(N)c(C#N)c23)c1C#N. The first-order valence-electron chi connectivity index (χ1n) is 14.2. The minimum absolute atomic E-state index is 0.000973. The summed E-state index contributed by atoms with van der Waals surface area (Å²) in [5, 5.41) is 24.4. The summed E-state index contributed by atoms with van der Waals surface area (Å²) in [5.41, 5.74) is 7.61. The lowest BCUT2D eigenvalue weighted by atomic mass is 9.88. The van der Waals surface area contributed by atoms with Crippen LogP contribution in [-0.4, -0.2) is 76.2 Å². The fourth-order valence-corrected chi connectivity index (χ4v) is 9.94. The van der Waals surface area contributed by atoms with E-state index in [1.807, 2.05) is 4.90 Å². The largest absolute Gasteiger partial charge is 0.461 e. The van der Waals surface area contributed by atoms with Gasteiger partial charge in [-0.1, -0.05) is 0 Å². The molecule has 0 amide bonds. The summed E-state index contributed by atoms with van der Waals surface area (Å²) >= 11 is 3.19. The first-order valence-corrected chi connectivity index (χ1v) is 16.0. The van der Waals surface area contributed by atoms with E-state index in [0.717, 1.165) is 35.6 Å². The molecule has 0 aliphatic carbocycles. The topological polar surface area (TPSA) is 136 Å². The van der Waals surface area contributed by atoms with Gasteiger partial charge in [0.05, 0.1) is 28.1 Å². The number of ether oxygens (including phenoxy) is 1. The molecule has 7 heterocycles. The van der Waals surface area contributed by atoms with Crippen molar-refractivity contribution in [1.29, 1.82) is 10.5 Å². The molecule has 2 atom stereocenters. The van der Waals surface area contributed by atoms with Crippen molar-refractivity contribution in [3.05, 3.63) is 39.5 Å². The second-order valence-electron chi connectivity index (χ2n) is 11.8. The Morgan fingerprint density at radius 1 is 1.25 bits per heavy atom. The van der Waals surface area contributed by atoms with Gasteiger partial charge in [0.25, 0.3) is 0 Å². The number of thiophene rings is 1. The molecule has 230 valence electrons. The average molecular weight is 643 g/mol. The van der Waals surface area contributed by atoms with Gasteiger partial charge >= 0.3 is 12.6 Å². The zero-order valence-corrected chi connectivity index (χ0v) is 25.5. The predicted octanol–water partition coefficient (Wildman–Crippen LogP) is 4.01. The normalized spacial score (nSPS) is 23.4. The summed E-state index contributed by atoms with van der Waals surface area (Å²) in [5.74, 6) is 1.34. The molecule has 11 nitrogen and oxygen atoms in total. The molecule has 0 saturated carbocycles. The number of rotatable bonds is 8. The number of hydrogen-bond donors (Lipinski definition) is 1. The molecule has 3 fully saturated rings. The smallest absolute Gasteiger partial charge is 0.333 e. The quantitative estimate of drug-likeness (QED) is 0.382. The Kier molecular flexibility index (Phi) is 7.06. The molecule has 3 saturated heterocycles. The van der Waals surface area contributed by atoms with Crippen LogP contribution < -0.4 is 20.3 Å². The Labute approximate surface area is 260 Å². The van der Waals surface area contributed by atoms with Crippen LogP contribution >= 0.6 is 23.1 Å². The van der Waals surface area contributed by atoms with Crippen LogP contribution in [0.3, 0.4) is 0 Å². The molecule has 0 bridgehead atoms. The highest BCUT2D eigenvalue weighted by atomic mass is 32.2. The number of fused-ring (bicyclic) bond motifs is 3. The van der Waals surface area contributed by atoms with E-state index in [-0.39, 0.29) is 41.0 Å². The number of alkyl halides is 3. The predicted molar refractivity (Wildman–Crippen MR) is 160 cm³/mol. The number of halogens is 3. The Morgan fingerprint density at radius 2 is 2.05 bits per heavy atom. The Hall–Kier alpha value is -3.73. The third-order valence-electron chi connectivity index (χ3n) is 9.14. The Bertz CT molecular complexity index is 1690. The monoisotopic (exact) mass is 642 g/mol. The van der Waals surface area contributed by atoms with Crippen molar-refractivity contribution < 1.29 is 17.9 Å². The summed E-state index contributed by atoms with van der Waals surface area (Å²) in [6.07, 6.45) is 2.51. The number of nitriles is 2. The Morgan fingerprint density at radius 3 is 2.80 bits per heavy atom. The van der Waals surface area contributed by atoms with Gasteiger partial charge in [-0.05, 0) is 25.5 Å². The fraction of sp³-hybridized carbons (Fsp3) is 0.536. The fourth-order valence-electron chi connectivity index (χ4n) is 7.13. The van der Waals surface area contributed by atoms with Gasteiger partial charge in [0.2, 0.25) is 0 Å². The van der Waals surface area contributed by atoms with Gasteiger partial charge in [0.1, 0.15) is 35.5 Å². The van der Waals surface area contributed by atoms with Gasteiger partial charge in [-0.15, -0.1) is 23.1 Å². The molecule has 0 aromatic carbocycles. The van der Waals surface area contributed by atoms with E-state index >= 15 is 0 Å². The van der Waals surface area contributed by atoms with Crippen molar-refractivity contribution >= 4 is 39.7 Å². The van der Waals surface area contributed by atoms with E-state index in [1.165, 1.54) is 23.6 Å². The lowest BCUT2D eigenvalue weighted by Gasteiger charge is -2.48. The van der Waals surface area contributed by atoms with Gasteiger partial charge < -0.3 is 20.3 Å². The zero-order chi connectivity index (χ0) is 30.8. The third-order valence-corrected chi connectivity index (χ3v) is 11.8. The number of aromatic nitrogens is 4. The molecule has 7 rings (SSSR count). The minimum atomic E-state index is -2.82. The van der Waals surface area contributed by atoms with Crippen LogP contribution in [0.25, 0.3) is 0 Å². The van der Waals surface area contributed by atoms with Crippen molar-refractivity contribution in [2.45, 2.75) is 54.6 Å². The summed E-state index contributed by atoms with van der Waals surface area (Å²) in [6, 6.07) is 6.02. The number of nitrogens with two attached hydrogens (primary N) is 1. The minimum Gasteiger partial charge on any atom is -0.461 e. The standard InChI is InChI=1S/C28H29F3N10OS2/c1-38(11-17-3-5-35-41(17)25(30)31)23-19(9-33)24(37-26(36-23)42-15-27-4-2-6-40(27)10-16(29)7-27)39-13-28(14-39)21-18(8-32)22(34)44-20(21)12-43-28/h3,5,16,25H,2,4,6-7,10-15,34H2,1H3/t16-,27+/m1/s1. The van der Waals surface area contributed by atoms with Crippen LogP contribution in [0.2, 0.25) is 0 Å². The molecule has 3 aromatic heterocycles. The third kappa shape index (κ3) is 4.53. The summed E-state index contributed by atoms with van der Waals surface area (Å²) < 4.78 is 48.0. The maximum Gasteiger partial charge on any atom is 0.333 e. The summed E-state index contributed by atoms with van der Waals surface area (Å²) in [7, 11) is 1.66. The highest BCUT2D eigenvalue weighted by molar-refractivity contribution is 8.00. The van der Waals surface area contributed by atoms with Crippen LogP contribution in [0.15, 0.2) is 12.3 Å². The Balaban J connectivity index is 1.22. The van der Waals surface area contributed by atoms with E-state index < -0.39 is 18.3 Å². The van der Waals surface area contributed by atoms with Crippen molar-refractivity contribution in [2.24, 2.45) is 0 Å². The molecular weight excluding hydrogens is 614 g/mol. The zero-order valence-electron chi connectivity index (χ0n) is 23.8. The van der Waals surface area contributed by atoms with Crippen molar-refractivity contribution in [3.63, 3.8) is 0 Å². The van der Waals surface area contributed by atoms with Gasteiger partial charge in [0, 0.05) is 55.5 Å². The van der Waals surface area contributed by atoms with Crippen LogP contribution in [0.4, 0.5) is 29.8 Å².